The van der Waals surface area contributed by atoms with Crippen molar-refractivity contribution in [1.82, 2.24) is 10.0 Å². The Balaban J connectivity index is 1.70. The van der Waals surface area contributed by atoms with Crippen LogP contribution >= 0.6 is 0 Å². The Labute approximate surface area is 215 Å². The van der Waals surface area contributed by atoms with Gasteiger partial charge in [0, 0.05) is 11.4 Å². The number of hydrazone groups is 2. The predicted octanol–water partition coefficient (Wildman–Crippen LogP) is 3.72. The van der Waals surface area contributed by atoms with E-state index in [0.29, 0.717) is 11.4 Å². The van der Waals surface area contributed by atoms with Crippen molar-refractivity contribution in [2.24, 2.45) is 10.2 Å². The Morgan fingerprint density at radius 3 is 1.73 bits per heavy atom. The number of amides is 4. The summed E-state index contributed by atoms with van der Waals surface area (Å²) in [6.07, 6.45) is 3.06. The van der Waals surface area contributed by atoms with E-state index in [1.165, 1.54) is 12.4 Å². The summed E-state index contributed by atoms with van der Waals surface area (Å²) in [6.45, 7) is 1.28. The van der Waals surface area contributed by atoms with Gasteiger partial charge < -0.3 is 20.8 Å². The van der Waals surface area contributed by atoms with E-state index < -0.39 is 12.1 Å². The van der Waals surface area contributed by atoms with Gasteiger partial charge in [0.05, 0.1) is 38.7 Å². The molecule has 0 unspecified atom stereocenters. The van der Waals surface area contributed by atoms with Crippen molar-refractivity contribution in [3.63, 3.8) is 0 Å². The molecule has 3 aromatic carbocycles. The zero-order valence-corrected chi connectivity index (χ0v) is 20.5. The molecule has 0 spiro atoms. The molecule has 0 bridgehead atoms. The van der Waals surface area contributed by atoms with Crippen molar-refractivity contribution in [2.75, 3.05) is 36.9 Å². The van der Waals surface area contributed by atoms with Crippen molar-refractivity contribution in [3.05, 3.63) is 95.6 Å². The molecular formula is C27H30N6O4. The van der Waals surface area contributed by atoms with Crippen molar-refractivity contribution >= 4 is 35.9 Å². The van der Waals surface area contributed by atoms with E-state index in [2.05, 4.69) is 20.8 Å². The summed E-state index contributed by atoms with van der Waals surface area (Å²) in [5, 5.41) is 34.9. The molecule has 0 saturated carbocycles. The first-order valence-corrected chi connectivity index (χ1v) is 11.7. The summed E-state index contributed by atoms with van der Waals surface area (Å²) in [5.41, 5.74) is 3.26. The predicted molar refractivity (Wildman–Crippen MR) is 145 cm³/mol. The zero-order valence-electron chi connectivity index (χ0n) is 20.5. The van der Waals surface area contributed by atoms with E-state index in [-0.39, 0.29) is 26.3 Å². The van der Waals surface area contributed by atoms with Crippen LogP contribution in [0.5, 0.6) is 0 Å². The van der Waals surface area contributed by atoms with Gasteiger partial charge in [0.1, 0.15) is 0 Å². The Kier molecular flexibility index (Phi) is 10.3. The molecule has 0 radical (unpaired) electrons. The highest BCUT2D eigenvalue weighted by Gasteiger charge is 2.16. The number of carbonyl (C=O) groups is 2. The monoisotopic (exact) mass is 502 g/mol. The fourth-order valence-corrected chi connectivity index (χ4v) is 3.17. The van der Waals surface area contributed by atoms with E-state index in [9.17, 15) is 19.8 Å². The average Bonchev–Trinajstić information content (AvgIpc) is 2.91. The fraction of sp³-hybridized carbons (Fsp3) is 0.185. The highest BCUT2D eigenvalue weighted by atomic mass is 16.3. The molecule has 4 amide bonds. The van der Waals surface area contributed by atoms with Crippen LogP contribution in [0.3, 0.4) is 0 Å². The summed E-state index contributed by atoms with van der Waals surface area (Å²) >= 11 is 0. The standard InChI is InChI=1S/C27H30N6O4/c1-21-12-13-24(30-26(36)32(14-16-34)28-19-22-8-4-2-5-9-22)18-25(21)31-27(37)33(15-17-35)29-20-23-10-6-3-7-11-23/h2-13,18-20,34-35H,14-17H2,1H3,(H,30,36)(H,31,37)/b28-19+,29-20+. The highest BCUT2D eigenvalue weighted by Crippen LogP contribution is 2.21. The minimum absolute atomic E-state index is 0.000158. The first-order chi connectivity index (χ1) is 18.0. The molecule has 0 atom stereocenters. The summed E-state index contributed by atoms with van der Waals surface area (Å²) in [5.74, 6) is 0. The lowest BCUT2D eigenvalue weighted by atomic mass is 10.2. The number of nitrogens with one attached hydrogen (secondary N) is 2. The molecule has 10 nitrogen and oxygen atoms in total. The molecule has 192 valence electrons. The number of aliphatic hydroxyl groups excluding tert-OH is 2. The van der Waals surface area contributed by atoms with Gasteiger partial charge in [-0.25, -0.2) is 19.6 Å². The number of nitrogens with zero attached hydrogens (tertiary/aromatic N) is 4. The first kappa shape index (κ1) is 27.1. The van der Waals surface area contributed by atoms with Crippen LogP contribution in [-0.2, 0) is 0 Å². The van der Waals surface area contributed by atoms with Gasteiger partial charge in [-0.2, -0.15) is 10.2 Å². The Bertz CT molecular complexity index is 1220. The van der Waals surface area contributed by atoms with Crippen LogP contribution < -0.4 is 10.6 Å². The minimum Gasteiger partial charge on any atom is -0.394 e. The molecule has 3 aromatic rings. The van der Waals surface area contributed by atoms with Crippen LogP contribution in [0.25, 0.3) is 0 Å². The molecule has 0 heterocycles. The number of anilines is 2. The lowest BCUT2D eigenvalue weighted by molar-refractivity contribution is 0.191. The molecule has 10 heteroatoms. The van der Waals surface area contributed by atoms with Gasteiger partial charge >= 0.3 is 12.1 Å². The van der Waals surface area contributed by atoms with Crippen molar-refractivity contribution in [2.45, 2.75) is 6.92 Å². The van der Waals surface area contributed by atoms with Gasteiger partial charge in [-0.15, -0.1) is 0 Å². The topological polar surface area (TPSA) is 130 Å². The second kappa shape index (κ2) is 14.1. The molecule has 4 N–H and O–H groups in total. The number of urea groups is 2. The quantitative estimate of drug-likeness (QED) is 0.249. The maximum Gasteiger partial charge on any atom is 0.342 e. The van der Waals surface area contributed by atoms with Gasteiger partial charge in [-0.3, -0.25) is 0 Å². The second-order valence-corrected chi connectivity index (χ2v) is 7.89. The summed E-state index contributed by atoms with van der Waals surface area (Å²) in [4.78, 5) is 25.7. The smallest absolute Gasteiger partial charge is 0.342 e. The third-order valence-corrected chi connectivity index (χ3v) is 5.11. The summed E-state index contributed by atoms with van der Waals surface area (Å²) in [7, 11) is 0. The zero-order chi connectivity index (χ0) is 26.5. The van der Waals surface area contributed by atoms with Gasteiger partial charge in [0.15, 0.2) is 0 Å². The van der Waals surface area contributed by atoms with Crippen LogP contribution in [0.15, 0.2) is 89.1 Å². The highest BCUT2D eigenvalue weighted by molar-refractivity contribution is 5.94. The largest absolute Gasteiger partial charge is 0.394 e. The minimum atomic E-state index is -0.545. The molecule has 0 aliphatic heterocycles. The molecule has 3 rings (SSSR count). The Hall–Kier alpha value is -4.54. The van der Waals surface area contributed by atoms with Crippen LogP contribution in [0.2, 0.25) is 0 Å². The van der Waals surface area contributed by atoms with Crippen LogP contribution in [0.4, 0.5) is 21.0 Å². The van der Waals surface area contributed by atoms with E-state index in [0.717, 1.165) is 26.7 Å². The van der Waals surface area contributed by atoms with E-state index in [1.54, 1.807) is 18.2 Å². The lowest BCUT2D eigenvalue weighted by Gasteiger charge is -2.19. The molecule has 37 heavy (non-hydrogen) atoms. The number of hydrogen-bond donors (Lipinski definition) is 4. The van der Waals surface area contributed by atoms with E-state index >= 15 is 0 Å². The van der Waals surface area contributed by atoms with Gasteiger partial charge in [-0.1, -0.05) is 66.7 Å². The van der Waals surface area contributed by atoms with Crippen molar-refractivity contribution in [3.8, 4) is 0 Å². The SMILES string of the molecule is Cc1ccc(NC(=O)N(CCO)/N=C/c2ccccc2)cc1NC(=O)N(CCO)/N=C/c1ccccc1. The maximum atomic E-state index is 12.9. The van der Waals surface area contributed by atoms with Gasteiger partial charge in [0.25, 0.3) is 0 Å². The van der Waals surface area contributed by atoms with Crippen LogP contribution in [0.1, 0.15) is 16.7 Å². The maximum absolute atomic E-state index is 12.9. The normalized spacial score (nSPS) is 11.0. The summed E-state index contributed by atoms with van der Waals surface area (Å²) < 4.78 is 0. The number of carbonyl (C=O) groups excluding carboxylic acids is 2. The number of aryl methyl sites for hydroxylation is 1. The van der Waals surface area contributed by atoms with Crippen LogP contribution in [-0.4, -0.2) is 71.0 Å². The third-order valence-electron chi connectivity index (χ3n) is 5.11. The van der Waals surface area contributed by atoms with Crippen molar-refractivity contribution in [1.29, 1.82) is 0 Å². The summed E-state index contributed by atoms with van der Waals surface area (Å²) in [6, 6.07) is 22.5. The Morgan fingerprint density at radius 2 is 1.24 bits per heavy atom. The molecule has 0 aliphatic carbocycles. The van der Waals surface area contributed by atoms with Gasteiger partial charge in [0.2, 0.25) is 0 Å². The van der Waals surface area contributed by atoms with Crippen LogP contribution in [0, 0.1) is 6.92 Å². The van der Waals surface area contributed by atoms with Crippen molar-refractivity contribution < 1.29 is 19.8 Å². The lowest BCUT2D eigenvalue weighted by Crippen LogP contribution is -2.34. The third kappa shape index (κ3) is 8.57. The number of hydrogen-bond acceptors (Lipinski definition) is 6. The molecule has 0 aliphatic rings. The fourth-order valence-electron chi connectivity index (χ4n) is 3.17. The second-order valence-electron chi connectivity index (χ2n) is 7.89. The Morgan fingerprint density at radius 1 is 0.757 bits per heavy atom. The average molecular weight is 503 g/mol. The number of rotatable bonds is 10. The molecule has 0 fully saturated rings. The molecular weight excluding hydrogens is 472 g/mol. The number of benzene rings is 3. The van der Waals surface area contributed by atoms with Gasteiger partial charge in [-0.05, 0) is 35.7 Å². The molecule has 0 saturated heterocycles. The van der Waals surface area contributed by atoms with E-state index in [1.807, 2.05) is 67.6 Å². The first-order valence-electron chi connectivity index (χ1n) is 11.7. The van der Waals surface area contributed by atoms with E-state index in [4.69, 9.17) is 0 Å². The molecule has 0 aromatic heterocycles. The number of aliphatic hydroxyl groups is 2.